The van der Waals surface area contributed by atoms with E-state index >= 15 is 0 Å². The van der Waals surface area contributed by atoms with Gasteiger partial charge < -0.3 is 0 Å². The summed E-state index contributed by atoms with van der Waals surface area (Å²) in [6.07, 6.45) is 0. The topological polar surface area (TPSA) is 52.6 Å². The van der Waals surface area contributed by atoms with Gasteiger partial charge in [-0.1, -0.05) is 12.1 Å². The van der Waals surface area contributed by atoms with Crippen LogP contribution in [-0.4, -0.2) is 11.9 Å². The molecule has 0 heterocycles. The quantitative estimate of drug-likeness (QED) is 0.546. The second-order valence-corrected chi connectivity index (χ2v) is 4.70. The zero-order chi connectivity index (χ0) is 16.4. The van der Waals surface area contributed by atoms with E-state index in [2.05, 4.69) is 9.88 Å². The van der Waals surface area contributed by atoms with E-state index in [1.54, 1.807) is 0 Å². The van der Waals surface area contributed by atoms with Crippen LogP contribution >= 0.6 is 22.6 Å². The monoisotopic (exact) mass is 428 g/mol. The Labute approximate surface area is 125 Å². The van der Waals surface area contributed by atoms with E-state index in [0.717, 1.165) is 34.7 Å². The summed E-state index contributed by atoms with van der Waals surface area (Å²) in [7, 11) is 0. The van der Waals surface area contributed by atoms with Crippen molar-refractivity contribution in [2.45, 2.75) is 11.8 Å². The summed E-state index contributed by atoms with van der Waals surface area (Å²) in [5, 5.41) is 0. The van der Waals surface area contributed by atoms with Crippen molar-refractivity contribution < 1.29 is 46.1 Å². The number of hydrogen-bond acceptors (Lipinski definition) is 4. The van der Waals surface area contributed by atoms with Crippen LogP contribution in [0.3, 0.4) is 0 Å². The smallest absolute Gasteiger partial charge is 0.247 e. The fourth-order valence-corrected chi connectivity index (χ4v) is 2.25. The van der Waals surface area contributed by atoms with E-state index in [-0.39, 0.29) is 0 Å². The summed E-state index contributed by atoms with van der Waals surface area (Å²) in [6, 6.07) is 2.07. The molecule has 0 unspecified atom stereocenters. The summed E-state index contributed by atoms with van der Waals surface area (Å²) in [5.41, 5.74) is -3.41. The number of carbonyl (C=O) groups excluding carboxylic acids is 2. The van der Waals surface area contributed by atoms with Gasteiger partial charge >= 0.3 is 23.8 Å². The number of halogens is 7. The molecule has 0 amide bonds. The lowest BCUT2D eigenvalue weighted by atomic mass is 9.96. The fraction of sp³-hybridized carbons (Fsp3) is 0.200. The van der Waals surface area contributed by atoms with Gasteiger partial charge in [0.15, 0.2) is 0 Å². The van der Waals surface area contributed by atoms with Crippen LogP contribution in [0.15, 0.2) is 18.2 Å². The molecule has 1 aromatic carbocycles. The van der Waals surface area contributed by atoms with Crippen molar-refractivity contribution in [1.82, 2.24) is 0 Å². The van der Waals surface area contributed by atoms with Gasteiger partial charge in [-0.05, 0) is 28.7 Å². The molecule has 0 saturated heterocycles. The van der Waals surface area contributed by atoms with Crippen LogP contribution in [0.2, 0.25) is 0 Å². The lowest BCUT2D eigenvalue weighted by molar-refractivity contribution is -0.217. The van der Waals surface area contributed by atoms with Crippen molar-refractivity contribution in [1.29, 1.82) is 0 Å². The second kappa shape index (κ2) is 6.07. The Morgan fingerprint density at radius 2 is 1.43 bits per heavy atom. The number of carbonyl (C=O) groups is 2. The first-order valence-electron chi connectivity index (χ1n) is 4.81. The molecule has 1 rings (SSSR count). The third kappa shape index (κ3) is 3.06. The maximum Gasteiger partial charge on any atom is 0.422 e. The third-order valence-corrected chi connectivity index (χ3v) is 3.22. The number of rotatable bonds is 4. The fourth-order valence-electron chi connectivity index (χ4n) is 1.41. The minimum Gasteiger partial charge on any atom is -0.247 e. The first-order valence-corrected chi connectivity index (χ1v) is 5.89. The highest BCUT2D eigenvalue weighted by molar-refractivity contribution is 14.1. The molecule has 0 spiro atoms. The summed E-state index contributed by atoms with van der Waals surface area (Å²) < 4.78 is 77.3. The predicted octanol–water partition coefficient (Wildman–Crippen LogP) is 3.33. The van der Waals surface area contributed by atoms with E-state index in [1.165, 1.54) is 0 Å². The Morgan fingerprint density at radius 3 is 1.90 bits per heavy atom. The van der Waals surface area contributed by atoms with Gasteiger partial charge in [0, 0.05) is 18.2 Å². The molecule has 0 radical (unpaired) electrons. The maximum absolute atomic E-state index is 13.7. The highest BCUT2D eigenvalue weighted by Crippen LogP contribution is 2.42. The molecule has 0 aliphatic rings. The average molecular weight is 428 g/mol. The molecule has 1 aromatic rings. The minimum absolute atomic E-state index is 0.341. The second-order valence-electron chi connectivity index (χ2n) is 3.54. The number of benzene rings is 1. The minimum atomic E-state index is -4.83. The van der Waals surface area contributed by atoms with Crippen molar-refractivity contribution >= 4 is 34.5 Å². The summed E-state index contributed by atoms with van der Waals surface area (Å²) >= 11 is 1.15. The van der Waals surface area contributed by atoms with Crippen molar-refractivity contribution in [3.05, 3.63) is 32.9 Å². The maximum atomic E-state index is 13.7. The van der Waals surface area contributed by atoms with Gasteiger partial charge in [-0.2, -0.15) is 17.6 Å². The van der Waals surface area contributed by atoms with Crippen LogP contribution < -0.4 is 0 Å². The van der Waals surface area contributed by atoms with Crippen LogP contribution in [0.25, 0.3) is 0 Å². The summed E-state index contributed by atoms with van der Waals surface area (Å²) in [5.74, 6) is -15.2. The van der Waals surface area contributed by atoms with Crippen LogP contribution in [0.1, 0.15) is 11.1 Å². The summed E-state index contributed by atoms with van der Waals surface area (Å²) in [6.45, 7) is 0. The lowest BCUT2D eigenvalue weighted by Gasteiger charge is -2.21. The first-order chi connectivity index (χ1) is 9.60. The lowest BCUT2D eigenvalue weighted by Crippen LogP contribution is -2.34. The van der Waals surface area contributed by atoms with Crippen LogP contribution in [0.4, 0.5) is 26.6 Å². The zero-order valence-electron chi connectivity index (χ0n) is 9.51. The van der Waals surface area contributed by atoms with E-state index in [4.69, 9.17) is 0 Å². The highest BCUT2D eigenvalue weighted by atomic mass is 127. The first kappa shape index (κ1) is 17.5. The molecular formula is C10H3F6IO4. The van der Waals surface area contributed by atoms with Crippen molar-refractivity contribution in [2.75, 3.05) is 0 Å². The Kier molecular flexibility index (Phi) is 5.07. The van der Waals surface area contributed by atoms with Crippen molar-refractivity contribution in [3.8, 4) is 0 Å². The molecule has 21 heavy (non-hydrogen) atoms. The molecule has 4 nitrogen and oxygen atoms in total. The molecule has 0 bridgehead atoms. The van der Waals surface area contributed by atoms with Gasteiger partial charge in [0.1, 0.15) is 0 Å². The van der Waals surface area contributed by atoms with E-state index in [1.807, 2.05) is 0 Å². The van der Waals surface area contributed by atoms with Gasteiger partial charge in [-0.3, -0.25) is 0 Å². The van der Waals surface area contributed by atoms with Gasteiger partial charge in [0.2, 0.25) is 0 Å². The third-order valence-electron chi connectivity index (χ3n) is 2.32. The van der Waals surface area contributed by atoms with E-state index in [9.17, 15) is 36.2 Å². The van der Waals surface area contributed by atoms with Crippen LogP contribution in [0, 0.1) is 3.57 Å². The molecule has 0 atom stereocenters. The molecule has 0 aliphatic heterocycles. The number of hydrogen-bond donors (Lipinski definition) is 0. The Bertz CT molecular complexity index is 577. The van der Waals surface area contributed by atoms with E-state index in [0.29, 0.717) is 6.07 Å². The largest absolute Gasteiger partial charge is 0.422 e. The molecule has 0 N–H and O–H groups in total. The zero-order valence-corrected chi connectivity index (χ0v) is 11.7. The Hall–Kier alpha value is -1.53. The van der Waals surface area contributed by atoms with Gasteiger partial charge in [0.05, 0.1) is 5.56 Å². The van der Waals surface area contributed by atoms with Gasteiger partial charge in [-0.25, -0.2) is 19.5 Å². The average Bonchev–Trinajstić information content (AvgIpc) is 2.44. The van der Waals surface area contributed by atoms with Gasteiger partial charge in [-0.15, -0.1) is 0 Å². The van der Waals surface area contributed by atoms with Crippen LogP contribution in [-0.2, 0) is 31.3 Å². The normalized spacial score (nSPS) is 12.0. The molecule has 0 aromatic heterocycles. The summed E-state index contributed by atoms with van der Waals surface area (Å²) in [4.78, 5) is 26.1. The SMILES string of the molecule is O=C(OF)C(F)(F)c1cccc(I)c1C(F)(F)C(=O)OF. The highest BCUT2D eigenvalue weighted by Gasteiger charge is 2.54. The number of alkyl halides is 4. The molecule has 0 fully saturated rings. The standard InChI is InChI=1S/C10H3F6IO4/c11-9(12,7(18)20-15)4-2-1-3-5(17)6(4)10(13,14)8(19)21-16/h1-3H. The Morgan fingerprint density at radius 1 is 0.952 bits per heavy atom. The molecule has 0 saturated carbocycles. The molecule has 0 aliphatic carbocycles. The Balaban J connectivity index is 3.61. The van der Waals surface area contributed by atoms with Gasteiger partial charge in [0.25, 0.3) is 0 Å². The van der Waals surface area contributed by atoms with Crippen molar-refractivity contribution in [3.63, 3.8) is 0 Å². The molecular weight excluding hydrogens is 425 g/mol. The van der Waals surface area contributed by atoms with E-state index < -0.39 is 38.5 Å². The predicted molar refractivity (Wildman–Crippen MR) is 61.3 cm³/mol. The molecule has 116 valence electrons. The van der Waals surface area contributed by atoms with Crippen molar-refractivity contribution in [2.24, 2.45) is 0 Å². The van der Waals surface area contributed by atoms with Crippen LogP contribution in [0.5, 0.6) is 0 Å². The molecule has 11 heteroatoms.